The largest absolute Gasteiger partial charge is 0.289 e. The smallest absolute Gasteiger partial charge is 0.239 e. The van der Waals surface area contributed by atoms with Crippen molar-refractivity contribution < 1.29 is 9.59 Å². The van der Waals surface area contributed by atoms with Gasteiger partial charge in [-0.2, -0.15) is 0 Å². The number of hydrogen-bond acceptors (Lipinski definition) is 3. The lowest BCUT2D eigenvalue weighted by Crippen LogP contribution is -2.58. The van der Waals surface area contributed by atoms with E-state index < -0.39 is 0 Å². The van der Waals surface area contributed by atoms with Crippen LogP contribution in [0.15, 0.2) is 72.3 Å². The summed E-state index contributed by atoms with van der Waals surface area (Å²) in [7, 11) is 0. The molecule has 2 bridgehead atoms. The number of piperidine rings is 1. The van der Waals surface area contributed by atoms with Crippen LogP contribution in [-0.4, -0.2) is 29.3 Å². The molecule has 0 unspecified atom stereocenters. The number of anilines is 1. The predicted molar refractivity (Wildman–Crippen MR) is 109 cm³/mol. The van der Waals surface area contributed by atoms with E-state index in [2.05, 4.69) is 49.1 Å². The lowest BCUT2D eigenvalue weighted by atomic mass is 9.67. The molecular weight excluding hydrogens is 348 g/mol. The van der Waals surface area contributed by atoms with Crippen molar-refractivity contribution in [3.63, 3.8) is 0 Å². The van der Waals surface area contributed by atoms with E-state index in [4.69, 9.17) is 0 Å². The number of para-hydroxylation sites is 1. The highest BCUT2D eigenvalue weighted by Gasteiger charge is 2.60. The van der Waals surface area contributed by atoms with Gasteiger partial charge in [-0.1, -0.05) is 60.2 Å². The Labute approximate surface area is 165 Å². The van der Waals surface area contributed by atoms with Gasteiger partial charge in [0.05, 0.1) is 17.5 Å². The molecule has 4 heteroatoms. The minimum atomic E-state index is -0.289. The number of amides is 2. The molecule has 0 saturated carbocycles. The molecule has 1 aliphatic carbocycles. The van der Waals surface area contributed by atoms with Crippen LogP contribution in [0.1, 0.15) is 25.5 Å². The predicted octanol–water partition coefficient (Wildman–Crippen LogP) is 3.81. The highest BCUT2D eigenvalue weighted by Crippen LogP contribution is 2.50. The van der Waals surface area contributed by atoms with Crippen molar-refractivity contribution in [1.82, 2.24) is 4.90 Å². The second-order valence-corrected chi connectivity index (χ2v) is 8.20. The van der Waals surface area contributed by atoms with E-state index in [0.717, 1.165) is 6.54 Å². The molecule has 2 amide bonds. The van der Waals surface area contributed by atoms with Crippen LogP contribution in [-0.2, 0) is 9.59 Å². The summed E-state index contributed by atoms with van der Waals surface area (Å²) in [6, 6.07) is 19.9. The maximum absolute atomic E-state index is 13.4. The number of nitrogens with zero attached hydrogens (tertiary/aromatic N) is 2. The van der Waals surface area contributed by atoms with Crippen molar-refractivity contribution in [3.05, 3.63) is 77.9 Å². The van der Waals surface area contributed by atoms with Gasteiger partial charge in [0.15, 0.2) is 0 Å². The average molecular weight is 372 g/mol. The maximum Gasteiger partial charge on any atom is 0.239 e. The molecular formula is C24H24N2O2. The van der Waals surface area contributed by atoms with E-state index in [1.165, 1.54) is 16.0 Å². The summed E-state index contributed by atoms with van der Waals surface area (Å²) in [5, 5.41) is 0. The molecule has 0 spiro atoms. The monoisotopic (exact) mass is 372 g/mol. The van der Waals surface area contributed by atoms with Gasteiger partial charge in [0.25, 0.3) is 0 Å². The minimum absolute atomic E-state index is 0.0182. The summed E-state index contributed by atoms with van der Waals surface area (Å²) in [5.41, 5.74) is 3.15. The third-order valence-corrected chi connectivity index (χ3v) is 6.72. The lowest BCUT2D eigenvalue weighted by Gasteiger charge is -2.51. The van der Waals surface area contributed by atoms with Crippen LogP contribution in [0.3, 0.4) is 0 Å². The van der Waals surface area contributed by atoms with Gasteiger partial charge in [0, 0.05) is 24.5 Å². The quantitative estimate of drug-likeness (QED) is 0.608. The van der Waals surface area contributed by atoms with E-state index in [-0.39, 0.29) is 41.7 Å². The molecule has 2 fully saturated rings. The number of fused-ring (bicyclic) bond motifs is 1. The molecule has 5 atom stereocenters. The number of carbonyl (C=O) groups is 2. The lowest BCUT2D eigenvalue weighted by molar-refractivity contribution is -0.128. The molecule has 4 nitrogen and oxygen atoms in total. The first-order chi connectivity index (χ1) is 13.6. The summed E-state index contributed by atoms with van der Waals surface area (Å²) >= 11 is 0. The molecule has 2 saturated heterocycles. The Bertz CT molecular complexity index is 953. The van der Waals surface area contributed by atoms with Crippen LogP contribution in [0, 0.1) is 17.8 Å². The van der Waals surface area contributed by atoms with Crippen LogP contribution in [0.2, 0.25) is 0 Å². The van der Waals surface area contributed by atoms with Crippen LogP contribution in [0.4, 0.5) is 5.69 Å². The van der Waals surface area contributed by atoms with Gasteiger partial charge in [0.1, 0.15) is 0 Å². The summed E-state index contributed by atoms with van der Waals surface area (Å²) < 4.78 is 0. The molecule has 6 rings (SSSR count). The minimum Gasteiger partial charge on any atom is -0.289 e. The van der Waals surface area contributed by atoms with E-state index in [1.807, 2.05) is 36.4 Å². The fourth-order valence-corrected chi connectivity index (χ4v) is 5.46. The van der Waals surface area contributed by atoms with Gasteiger partial charge in [0.2, 0.25) is 11.8 Å². The second kappa shape index (κ2) is 6.42. The van der Waals surface area contributed by atoms with Gasteiger partial charge in [-0.05, 0) is 31.5 Å². The standard InChI is InChI=1S/C24H24N2O2/c1-15-13-18-14-25(16(2)17-9-5-3-6-10-17)22(15)21-20(18)23(27)26(24(21)28)19-11-7-4-8-12-19/h3-13,16,18,20-22H,14H2,1-2H3/t16-,18+,20+,21+,22+/m1/s1. The number of rotatable bonds is 3. The first-order valence-electron chi connectivity index (χ1n) is 10.00. The molecule has 2 aromatic carbocycles. The second-order valence-electron chi connectivity index (χ2n) is 8.20. The fraction of sp³-hybridized carbons (Fsp3) is 0.333. The fourth-order valence-electron chi connectivity index (χ4n) is 5.46. The third kappa shape index (κ3) is 2.41. The summed E-state index contributed by atoms with van der Waals surface area (Å²) in [6.45, 7) is 5.14. The first-order valence-corrected chi connectivity index (χ1v) is 10.00. The Kier molecular flexibility index (Phi) is 3.98. The van der Waals surface area contributed by atoms with E-state index >= 15 is 0 Å². The molecule has 0 aromatic heterocycles. The molecule has 0 N–H and O–H groups in total. The van der Waals surface area contributed by atoms with Crippen LogP contribution < -0.4 is 4.90 Å². The van der Waals surface area contributed by atoms with Gasteiger partial charge in [-0.25, -0.2) is 4.90 Å². The van der Waals surface area contributed by atoms with Crippen molar-refractivity contribution in [3.8, 4) is 0 Å². The Balaban J connectivity index is 1.53. The molecule has 3 aliphatic heterocycles. The number of hydrogen-bond donors (Lipinski definition) is 0. The van der Waals surface area contributed by atoms with Crippen LogP contribution >= 0.6 is 0 Å². The van der Waals surface area contributed by atoms with E-state index in [1.54, 1.807) is 0 Å². The van der Waals surface area contributed by atoms with Gasteiger partial charge in [-0.15, -0.1) is 0 Å². The summed E-state index contributed by atoms with van der Waals surface area (Å²) in [5.74, 6) is -0.518. The molecule has 28 heavy (non-hydrogen) atoms. The molecule has 3 heterocycles. The Morgan fingerprint density at radius 1 is 0.893 bits per heavy atom. The van der Waals surface area contributed by atoms with Crippen molar-refractivity contribution >= 4 is 17.5 Å². The zero-order valence-corrected chi connectivity index (χ0v) is 16.2. The average Bonchev–Trinajstić information content (AvgIpc) is 3.00. The van der Waals surface area contributed by atoms with Crippen LogP contribution in [0.5, 0.6) is 0 Å². The Morgan fingerprint density at radius 2 is 1.50 bits per heavy atom. The van der Waals surface area contributed by atoms with Gasteiger partial charge in [-0.3, -0.25) is 14.5 Å². The maximum atomic E-state index is 13.4. The topological polar surface area (TPSA) is 40.6 Å². The van der Waals surface area contributed by atoms with Crippen LogP contribution in [0.25, 0.3) is 0 Å². The highest BCUT2D eigenvalue weighted by molar-refractivity contribution is 6.22. The Morgan fingerprint density at radius 3 is 2.18 bits per heavy atom. The van der Waals surface area contributed by atoms with Crippen molar-refractivity contribution in [2.75, 3.05) is 11.4 Å². The zero-order chi connectivity index (χ0) is 19.4. The SMILES string of the molecule is CC1=C[C@H]2CN([C@H](C)c3ccccc3)[C@@H]1[C@H]1C(=O)N(c3ccccc3)C(=O)[C@H]12. The van der Waals surface area contributed by atoms with Gasteiger partial charge < -0.3 is 0 Å². The zero-order valence-electron chi connectivity index (χ0n) is 16.2. The Hall–Kier alpha value is -2.72. The number of carbonyl (C=O) groups excluding carboxylic acids is 2. The van der Waals surface area contributed by atoms with E-state index in [0.29, 0.717) is 5.69 Å². The molecule has 0 radical (unpaired) electrons. The summed E-state index contributed by atoms with van der Waals surface area (Å²) in [4.78, 5) is 30.5. The summed E-state index contributed by atoms with van der Waals surface area (Å²) in [6.07, 6.45) is 2.24. The third-order valence-electron chi connectivity index (χ3n) is 6.72. The molecule has 142 valence electrons. The first kappa shape index (κ1) is 17.4. The highest BCUT2D eigenvalue weighted by atomic mass is 16.2. The van der Waals surface area contributed by atoms with Crippen molar-refractivity contribution in [2.24, 2.45) is 17.8 Å². The normalized spacial score (nSPS) is 30.4. The number of benzene rings is 2. The molecule has 2 aromatic rings. The van der Waals surface area contributed by atoms with E-state index in [9.17, 15) is 9.59 Å². The van der Waals surface area contributed by atoms with Crippen molar-refractivity contribution in [2.45, 2.75) is 25.9 Å². The van der Waals surface area contributed by atoms with Gasteiger partial charge >= 0.3 is 0 Å². The number of imide groups is 1. The molecule has 4 aliphatic rings. The van der Waals surface area contributed by atoms with Crippen molar-refractivity contribution in [1.29, 1.82) is 0 Å².